The highest BCUT2D eigenvalue weighted by molar-refractivity contribution is 5.93. The molecule has 0 atom stereocenters. The highest BCUT2D eigenvalue weighted by Crippen LogP contribution is 2.39. The first kappa shape index (κ1) is 16.9. The highest BCUT2D eigenvalue weighted by atomic mass is 19.4. The zero-order valence-electron chi connectivity index (χ0n) is 10.4. The molecule has 0 aliphatic heterocycles. The molecule has 0 radical (unpaired) electrons. The van der Waals surface area contributed by atoms with Crippen molar-refractivity contribution in [2.24, 2.45) is 0 Å². The molecule has 0 aliphatic carbocycles. The second-order valence-electron chi connectivity index (χ2n) is 3.43. The maximum Gasteiger partial charge on any atom is 0.574 e. The number of methoxy groups -OCH3 is 2. The first-order chi connectivity index (χ1) is 9.49. The van der Waals surface area contributed by atoms with Crippen LogP contribution in [0.1, 0.15) is 16.1 Å². The van der Waals surface area contributed by atoms with Crippen molar-refractivity contribution in [1.82, 2.24) is 4.98 Å². The molecule has 0 spiro atoms. The average Bonchev–Trinajstić information content (AvgIpc) is 2.33. The Morgan fingerprint density at radius 3 is 2.10 bits per heavy atom. The SMILES string of the molecule is COC(=O)c1cc(OC(F)(F)F)nc(C(F)(F)F)c1OC. The summed E-state index contributed by atoms with van der Waals surface area (Å²) < 4.78 is 86.4. The van der Waals surface area contributed by atoms with E-state index in [0.29, 0.717) is 6.07 Å². The predicted octanol–water partition coefficient (Wildman–Crippen LogP) is 2.79. The van der Waals surface area contributed by atoms with Crippen LogP contribution in [-0.4, -0.2) is 31.5 Å². The minimum absolute atomic E-state index is 0.341. The number of ether oxygens (including phenoxy) is 3. The largest absolute Gasteiger partial charge is 0.574 e. The first-order valence-electron chi connectivity index (χ1n) is 5.00. The van der Waals surface area contributed by atoms with Crippen molar-refractivity contribution in [1.29, 1.82) is 0 Å². The molecule has 0 aromatic carbocycles. The van der Waals surface area contributed by atoms with Gasteiger partial charge >= 0.3 is 18.5 Å². The molecule has 0 unspecified atom stereocenters. The van der Waals surface area contributed by atoms with Gasteiger partial charge in [0, 0.05) is 6.07 Å². The zero-order chi connectivity index (χ0) is 16.4. The maximum absolute atomic E-state index is 12.8. The summed E-state index contributed by atoms with van der Waals surface area (Å²) in [6, 6.07) is 0.341. The van der Waals surface area contributed by atoms with Gasteiger partial charge in [0.1, 0.15) is 5.56 Å². The van der Waals surface area contributed by atoms with Crippen LogP contribution in [0.15, 0.2) is 6.07 Å². The molecule has 1 heterocycles. The van der Waals surface area contributed by atoms with Crippen LogP contribution < -0.4 is 9.47 Å². The number of carbonyl (C=O) groups excluding carboxylic acids is 1. The van der Waals surface area contributed by atoms with Gasteiger partial charge in [0.2, 0.25) is 5.88 Å². The van der Waals surface area contributed by atoms with E-state index in [1.807, 2.05) is 0 Å². The van der Waals surface area contributed by atoms with Gasteiger partial charge in [-0.1, -0.05) is 0 Å². The number of carbonyl (C=O) groups is 1. The molecule has 118 valence electrons. The molecule has 0 fully saturated rings. The molecule has 1 rings (SSSR count). The zero-order valence-corrected chi connectivity index (χ0v) is 10.4. The van der Waals surface area contributed by atoms with Crippen LogP contribution in [-0.2, 0) is 10.9 Å². The van der Waals surface area contributed by atoms with Crippen molar-refractivity contribution in [2.45, 2.75) is 12.5 Å². The topological polar surface area (TPSA) is 57.7 Å². The fraction of sp³-hybridized carbons (Fsp3) is 0.400. The van der Waals surface area contributed by atoms with Gasteiger partial charge in [0.15, 0.2) is 11.4 Å². The molecule has 1 aromatic rings. The molecule has 0 aliphatic rings. The lowest BCUT2D eigenvalue weighted by atomic mass is 10.2. The Bertz CT molecular complexity index is 540. The van der Waals surface area contributed by atoms with Crippen LogP contribution in [0.3, 0.4) is 0 Å². The van der Waals surface area contributed by atoms with Crippen molar-refractivity contribution >= 4 is 5.97 Å². The minimum atomic E-state index is -5.28. The fourth-order valence-corrected chi connectivity index (χ4v) is 1.34. The van der Waals surface area contributed by atoms with E-state index in [-0.39, 0.29) is 0 Å². The number of alkyl halides is 6. The van der Waals surface area contributed by atoms with Crippen LogP contribution in [0.25, 0.3) is 0 Å². The van der Waals surface area contributed by atoms with Crippen molar-refractivity contribution in [3.63, 3.8) is 0 Å². The van der Waals surface area contributed by atoms with Gasteiger partial charge in [-0.3, -0.25) is 0 Å². The Balaban J connectivity index is 3.54. The minimum Gasteiger partial charge on any atom is -0.494 e. The van der Waals surface area contributed by atoms with Crippen molar-refractivity contribution in [2.75, 3.05) is 14.2 Å². The Morgan fingerprint density at radius 2 is 1.71 bits per heavy atom. The molecule has 0 bridgehead atoms. The number of nitrogens with zero attached hydrogens (tertiary/aromatic N) is 1. The van der Waals surface area contributed by atoms with E-state index >= 15 is 0 Å². The third kappa shape index (κ3) is 4.13. The monoisotopic (exact) mass is 319 g/mol. The number of hydrogen-bond acceptors (Lipinski definition) is 5. The lowest BCUT2D eigenvalue weighted by Gasteiger charge is -2.16. The number of halogens is 6. The molecule has 21 heavy (non-hydrogen) atoms. The molecular formula is C10H7F6NO4. The molecule has 0 amide bonds. The second kappa shape index (κ2) is 5.66. The molecule has 0 N–H and O–H groups in total. The van der Waals surface area contributed by atoms with Gasteiger partial charge in [-0.05, 0) is 0 Å². The number of pyridine rings is 1. The molecule has 0 saturated carbocycles. The number of hydrogen-bond donors (Lipinski definition) is 0. The summed E-state index contributed by atoms with van der Waals surface area (Å²) in [7, 11) is 1.63. The van der Waals surface area contributed by atoms with E-state index < -0.39 is 41.4 Å². The van der Waals surface area contributed by atoms with E-state index in [4.69, 9.17) is 0 Å². The Kier molecular flexibility index (Phi) is 4.54. The fourth-order valence-electron chi connectivity index (χ4n) is 1.34. The molecule has 5 nitrogen and oxygen atoms in total. The summed E-state index contributed by atoms with van der Waals surface area (Å²) in [5.41, 5.74) is -2.74. The average molecular weight is 319 g/mol. The normalized spacial score (nSPS) is 12.0. The molecule has 0 saturated heterocycles. The smallest absolute Gasteiger partial charge is 0.494 e. The van der Waals surface area contributed by atoms with E-state index in [9.17, 15) is 31.1 Å². The third-order valence-corrected chi connectivity index (χ3v) is 2.05. The van der Waals surface area contributed by atoms with Crippen LogP contribution in [0.4, 0.5) is 26.3 Å². The first-order valence-corrected chi connectivity index (χ1v) is 5.00. The molecular weight excluding hydrogens is 312 g/mol. The van der Waals surface area contributed by atoms with Crippen LogP contribution in [0.2, 0.25) is 0 Å². The number of aromatic nitrogens is 1. The summed E-state index contributed by atoms with van der Waals surface area (Å²) >= 11 is 0. The predicted molar refractivity (Wildman–Crippen MR) is 53.8 cm³/mol. The quantitative estimate of drug-likeness (QED) is 0.633. The second-order valence-corrected chi connectivity index (χ2v) is 3.43. The van der Waals surface area contributed by atoms with Crippen LogP contribution in [0.5, 0.6) is 11.6 Å². The Labute approximate surface area is 113 Å². The van der Waals surface area contributed by atoms with E-state index in [0.717, 1.165) is 14.2 Å². The van der Waals surface area contributed by atoms with Gasteiger partial charge < -0.3 is 14.2 Å². The van der Waals surface area contributed by atoms with E-state index in [1.54, 1.807) is 0 Å². The van der Waals surface area contributed by atoms with E-state index in [2.05, 4.69) is 19.2 Å². The van der Waals surface area contributed by atoms with Gasteiger partial charge in [0.25, 0.3) is 0 Å². The summed E-state index contributed by atoms with van der Waals surface area (Å²) in [5, 5.41) is 0. The van der Waals surface area contributed by atoms with Gasteiger partial charge in [-0.25, -0.2) is 9.78 Å². The van der Waals surface area contributed by atoms with Crippen molar-refractivity contribution in [3.05, 3.63) is 17.3 Å². The lowest BCUT2D eigenvalue weighted by Crippen LogP contribution is -2.21. The van der Waals surface area contributed by atoms with Gasteiger partial charge in [0.05, 0.1) is 14.2 Å². The summed E-state index contributed by atoms with van der Waals surface area (Å²) in [5.74, 6) is -3.87. The lowest BCUT2D eigenvalue weighted by molar-refractivity contribution is -0.276. The Hall–Kier alpha value is -2.20. The van der Waals surface area contributed by atoms with E-state index in [1.165, 1.54) is 0 Å². The summed E-state index contributed by atoms with van der Waals surface area (Å²) in [6.07, 6.45) is -10.4. The van der Waals surface area contributed by atoms with Gasteiger partial charge in [-0.2, -0.15) is 13.2 Å². The maximum atomic E-state index is 12.8. The summed E-state index contributed by atoms with van der Waals surface area (Å²) in [4.78, 5) is 14.0. The third-order valence-electron chi connectivity index (χ3n) is 2.05. The van der Waals surface area contributed by atoms with Crippen molar-refractivity contribution < 1.29 is 45.3 Å². The summed E-state index contributed by atoms with van der Waals surface area (Å²) in [6.45, 7) is 0. The van der Waals surface area contributed by atoms with Crippen LogP contribution in [0, 0.1) is 0 Å². The molecule has 1 aromatic heterocycles. The number of esters is 1. The highest BCUT2D eigenvalue weighted by Gasteiger charge is 2.41. The van der Waals surface area contributed by atoms with Crippen molar-refractivity contribution in [3.8, 4) is 11.6 Å². The standard InChI is InChI=1S/C10H7F6NO4/c1-19-6-4(8(18)20-2)3-5(21-10(14,15)16)17-7(6)9(11,12)13/h3H,1-2H3. The van der Waals surface area contributed by atoms with Crippen LogP contribution >= 0.6 is 0 Å². The Morgan fingerprint density at radius 1 is 1.14 bits per heavy atom. The number of rotatable bonds is 3. The van der Waals surface area contributed by atoms with Gasteiger partial charge in [-0.15, -0.1) is 13.2 Å². The molecule has 11 heteroatoms.